The standard InChI is InChI=1S/C6H4.CBrNS/c1-2-5-4-6(5)3-1;2-3-1-4/h1-4H;. The topological polar surface area (TPSA) is 12.4 Å². The number of thiocarbonyl (C=S) groups is 1. The molecule has 1 nitrogen and oxygen atoms in total. The summed E-state index contributed by atoms with van der Waals surface area (Å²) in [6, 6.07) is 8.48. The molecule has 2 aliphatic rings. The van der Waals surface area contributed by atoms with Crippen LogP contribution in [0.5, 0.6) is 0 Å². The molecule has 0 aromatic carbocycles. The van der Waals surface area contributed by atoms with Gasteiger partial charge < -0.3 is 0 Å². The molecule has 50 valence electrons. The number of rotatable bonds is 0. The van der Waals surface area contributed by atoms with Crippen LogP contribution in [0.2, 0.25) is 0 Å². The molecule has 3 heteroatoms. The molecule has 2 rings (SSSR count). The maximum absolute atomic E-state index is 4.09. The Labute approximate surface area is 73.1 Å². The first-order valence-electron chi connectivity index (χ1n) is 2.67. The van der Waals surface area contributed by atoms with Crippen LogP contribution < -0.4 is 0 Å². The maximum atomic E-state index is 4.09. The van der Waals surface area contributed by atoms with E-state index in [1.807, 2.05) is 0 Å². The molecule has 0 saturated heterocycles. The lowest BCUT2D eigenvalue weighted by Gasteiger charge is -1.48. The molecule has 0 spiro atoms. The molecule has 0 N–H and O–H groups in total. The van der Waals surface area contributed by atoms with Crippen molar-refractivity contribution in [2.24, 2.45) is 4.02 Å². The lowest BCUT2D eigenvalue weighted by Crippen LogP contribution is -1.23. The monoisotopic (exact) mass is 213 g/mol. The van der Waals surface area contributed by atoms with Gasteiger partial charge in [0.15, 0.2) is 0 Å². The summed E-state index contributed by atoms with van der Waals surface area (Å²) in [5.74, 6) is 0. The summed E-state index contributed by atoms with van der Waals surface area (Å²) < 4.78 is 3.11. The predicted octanol–water partition coefficient (Wildman–Crippen LogP) is 3.07. The molecular formula is C7H4BrNS. The molecule has 2 aliphatic carbocycles. The molecule has 0 aliphatic heterocycles. The van der Waals surface area contributed by atoms with Crippen molar-refractivity contribution in [3.63, 3.8) is 0 Å². The van der Waals surface area contributed by atoms with Crippen molar-refractivity contribution in [3.8, 4) is 11.1 Å². The van der Waals surface area contributed by atoms with Crippen LogP contribution in [0.1, 0.15) is 0 Å². The lowest BCUT2D eigenvalue weighted by molar-refractivity contribution is 2.01. The summed E-state index contributed by atoms with van der Waals surface area (Å²) in [7, 11) is 0. The van der Waals surface area contributed by atoms with Crippen LogP contribution >= 0.6 is 28.4 Å². The van der Waals surface area contributed by atoms with Crippen molar-refractivity contribution in [3.05, 3.63) is 24.3 Å². The second-order valence-electron chi connectivity index (χ2n) is 1.76. The van der Waals surface area contributed by atoms with Gasteiger partial charge in [0.05, 0.1) is 21.3 Å². The van der Waals surface area contributed by atoms with Crippen molar-refractivity contribution in [1.29, 1.82) is 0 Å². The van der Waals surface area contributed by atoms with E-state index in [-0.39, 0.29) is 0 Å². The lowest BCUT2D eigenvalue weighted by atomic mass is 10.6. The molecule has 0 aromatic heterocycles. The molecule has 0 heterocycles. The third-order valence-corrected chi connectivity index (χ3v) is 1.65. The average molecular weight is 214 g/mol. The van der Waals surface area contributed by atoms with Gasteiger partial charge in [-0.2, -0.15) is 4.02 Å². The van der Waals surface area contributed by atoms with E-state index in [9.17, 15) is 0 Å². The van der Waals surface area contributed by atoms with Gasteiger partial charge in [0, 0.05) is 0 Å². The third kappa shape index (κ3) is 2.03. The minimum absolute atomic E-state index is 1.43. The van der Waals surface area contributed by atoms with E-state index in [2.05, 4.69) is 61.8 Å². The largest absolute Gasteiger partial charge is 0.152 e. The average Bonchev–Trinajstić information content (AvgIpc) is 2.60. The highest BCUT2D eigenvalue weighted by molar-refractivity contribution is 9.08. The van der Waals surface area contributed by atoms with Gasteiger partial charge in [-0.25, -0.2) is 0 Å². The van der Waals surface area contributed by atoms with E-state index in [1.165, 1.54) is 11.1 Å². The fourth-order valence-electron chi connectivity index (χ4n) is 0.676. The highest BCUT2D eigenvalue weighted by atomic mass is 79.9. The van der Waals surface area contributed by atoms with Crippen molar-refractivity contribution >= 4 is 33.5 Å². The number of hydrogen-bond acceptors (Lipinski definition) is 2. The number of halogens is 1. The zero-order chi connectivity index (χ0) is 7.40. The van der Waals surface area contributed by atoms with Crippen molar-refractivity contribution in [2.75, 3.05) is 0 Å². The van der Waals surface area contributed by atoms with E-state index >= 15 is 0 Å². The Bertz CT molecular complexity index is 261. The normalized spacial score (nSPS) is 8.50. The summed E-state index contributed by atoms with van der Waals surface area (Å²) >= 11 is 6.75. The first-order valence-corrected chi connectivity index (χ1v) is 3.79. The Morgan fingerprint density at radius 2 is 1.90 bits per heavy atom. The van der Waals surface area contributed by atoms with Crippen LogP contribution in [0, 0.1) is 0 Å². The van der Waals surface area contributed by atoms with Gasteiger partial charge in [-0.3, -0.25) is 0 Å². The Balaban J connectivity index is 0.000000112. The number of nitrogens with zero attached hydrogens (tertiary/aromatic N) is 1. The fourth-order valence-corrected chi connectivity index (χ4v) is 0.676. The molecule has 10 heavy (non-hydrogen) atoms. The minimum Gasteiger partial charge on any atom is -0.152 e. The second-order valence-corrected chi connectivity index (χ2v) is 2.29. The van der Waals surface area contributed by atoms with Crippen LogP contribution in [0.3, 0.4) is 0 Å². The minimum atomic E-state index is 1.43. The second kappa shape index (κ2) is 3.62. The molecular weight excluding hydrogens is 210 g/mol. The van der Waals surface area contributed by atoms with E-state index in [0.29, 0.717) is 0 Å². The van der Waals surface area contributed by atoms with Crippen molar-refractivity contribution in [1.82, 2.24) is 0 Å². The Morgan fingerprint density at radius 3 is 2.00 bits per heavy atom. The number of isothiocyanates is 1. The van der Waals surface area contributed by atoms with Gasteiger partial charge in [0.25, 0.3) is 0 Å². The molecule has 0 amide bonds. The molecule has 0 saturated carbocycles. The first-order chi connectivity index (χ1) is 4.88. The fraction of sp³-hybridized carbons (Fsp3) is 0. The van der Waals surface area contributed by atoms with Gasteiger partial charge in [-0.15, -0.1) is 0 Å². The zero-order valence-corrected chi connectivity index (χ0v) is 7.45. The Hall–Kier alpha value is -0.500. The van der Waals surface area contributed by atoms with Crippen LogP contribution in [-0.2, 0) is 0 Å². The quantitative estimate of drug-likeness (QED) is 0.485. The highest BCUT2D eigenvalue weighted by Crippen LogP contribution is 2.32. The van der Waals surface area contributed by atoms with Crippen LogP contribution in [0.25, 0.3) is 11.1 Å². The molecule has 0 bridgehead atoms. The van der Waals surface area contributed by atoms with E-state index < -0.39 is 0 Å². The van der Waals surface area contributed by atoms with Gasteiger partial charge >= 0.3 is 0 Å². The Morgan fingerprint density at radius 1 is 1.40 bits per heavy atom. The maximum Gasteiger partial charge on any atom is 0.0860 e. The summed E-state index contributed by atoms with van der Waals surface area (Å²) in [6.07, 6.45) is 0. The van der Waals surface area contributed by atoms with Gasteiger partial charge in [0.2, 0.25) is 0 Å². The Kier molecular flexibility index (Phi) is 2.75. The predicted molar refractivity (Wildman–Crippen MR) is 49.4 cm³/mol. The molecule has 0 unspecified atom stereocenters. The summed E-state index contributed by atoms with van der Waals surface area (Å²) in [6.45, 7) is 0. The number of benzene rings is 1. The number of fused-ring (bicyclic) bond motifs is 1. The zero-order valence-electron chi connectivity index (χ0n) is 5.04. The van der Waals surface area contributed by atoms with Crippen LogP contribution in [0.4, 0.5) is 0 Å². The van der Waals surface area contributed by atoms with Crippen molar-refractivity contribution < 1.29 is 0 Å². The van der Waals surface area contributed by atoms with E-state index in [4.69, 9.17) is 0 Å². The summed E-state index contributed by atoms with van der Waals surface area (Å²) in [4.78, 5) is 0. The highest BCUT2D eigenvalue weighted by Gasteiger charge is 2.06. The van der Waals surface area contributed by atoms with Gasteiger partial charge in [0.1, 0.15) is 0 Å². The molecule has 0 fully saturated rings. The molecule has 0 atom stereocenters. The third-order valence-electron chi connectivity index (χ3n) is 1.15. The molecule has 0 radical (unpaired) electrons. The molecule has 0 aromatic rings. The number of hydrogen-bond donors (Lipinski definition) is 0. The van der Waals surface area contributed by atoms with Gasteiger partial charge in [-0.05, 0) is 29.4 Å². The van der Waals surface area contributed by atoms with E-state index in [1.54, 1.807) is 0 Å². The smallest absolute Gasteiger partial charge is 0.0860 e. The van der Waals surface area contributed by atoms with Crippen LogP contribution in [-0.4, -0.2) is 5.16 Å². The van der Waals surface area contributed by atoms with E-state index in [0.717, 1.165) is 0 Å². The SMILES string of the molecule is S=C=NBr.c1cc2cc-2c1. The van der Waals surface area contributed by atoms with Crippen LogP contribution in [0.15, 0.2) is 28.3 Å². The van der Waals surface area contributed by atoms with Crippen molar-refractivity contribution in [2.45, 2.75) is 0 Å². The first kappa shape index (κ1) is 7.61. The van der Waals surface area contributed by atoms with Gasteiger partial charge in [-0.1, -0.05) is 18.2 Å². The summed E-state index contributed by atoms with van der Waals surface area (Å²) in [5.41, 5.74) is 2.85. The summed E-state index contributed by atoms with van der Waals surface area (Å²) in [5, 5.41) is 2.06.